The van der Waals surface area contributed by atoms with Crippen molar-refractivity contribution in [2.24, 2.45) is 5.92 Å². The first-order valence-corrected chi connectivity index (χ1v) is 9.17. The fourth-order valence-electron chi connectivity index (χ4n) is 3.40. The third kappa shape index (κ3) is 6.68. The highest BCUT2D eigenvalue weighted by Gasteiger charge is 2.27. The van der Waals surface area contributed by atoms with E-state index in [1.807, 2.05) is 25.7 Å². The highest BCUT2D eigenvalue weighted by molar-refractivity contribution is 5.68. The Bertz CT molecular complexity index is 381. The molecular formula is C18H34N2O3. The van der Waals surface area contributed by atoms with Gasteiger partial charge in [-0.1, -0.05) is 0 Å². The average Bonchev–Trinajstić information content (AvgIpc) is 2.88. The molecule has 0 saturated carbocycles. The van der Waals surface area contributed by atoms with Crippen LogP contribution in [0.3, 0.4) is 0 Å². The van der Waals surface area contributed by atoms with Crippen molar-refractivity contribution in [3.8, 4) is 0 Å². The number of amides is 1. The fourth-order valence-corrected chi connectivity index (χ4v) is 3.40. The smallest absolute Gasteiger partial charge is 0.410 e. The predicted molar refractivity (Wildman–Crippen MR) is 91.6 cm³/mol. The molecule has 23 heavy (non-hydrogen) atoms. The van der Waals surface area contributed by atoms with Gasteiger partial charge in [0.05, 0.1) is 12.2 Å². The molecule has 2 aliphatic rings. The van der Waals surface area contributed by atoms with Gasteiger partial charge in [0.25, 0.3) is 0 Å². The van der Waals surface area contributed by atoms with E-state index in [0.717, 1.165) is 39.0 Å². The maximum Gasteiger partial charge on any atom is 0.410 e. The van der Waals surface area contributed by atoms with Gasteiger partial charge in [-0.3, -0.25) is 0 Å². The van der Waals surface area contributed by atoms with Gasteiger partial charge in [0.1, 0.15) is 5.60 Å². The summed E-state index contributed by atoms with van der Waals surface area (Å²) in [7, 11) is 0. The lowest BCUT2D eigenvalue weighted by atomic mass is 9.95. The highest BCUT2D eigenvalue weighted by atomic mass is 16.6. The van der Waals surface area contributed by atoms with Crippen molar-refractivity contribution in [2.75, 3.05) is 26.2 Å². The lowest BCUT2D eigenvalue weighted by Gasteiger charge is -2.34. The van der Waals surface area contributed by atoms with Gasteiger partial charge in [-0.2, -0.15) is 0 Å². The Morgan fingerprint density at radius 3 is 2.74 bits per heavy atom. The van der Waals surface area contributed by atoms with Crippen LogP contribution in [0.5, 0.6) is 0 Å². The zero-order valence-electron chi connectivity index (χ0n) is 15.3. The Hall–Kier alpha value is -0.810. The molecule has 0 aromatic rings. The Morgan fingerprint density at radius 2 is 2.09 bits per heavy atom. The summed E-state index contributed by atoms with van der Waals surface area (Å²) in [5.41, 5.74) is -0.413. The fraction of sp³-hybridized carbons (Fsp3) is 0.944. The van der Waals surface area contributed by atoms with Crippen LogP contribution in [0.15, 0.2) is 0 Å². The number of ether oxygens (including phenoxy) is 2. The van der Waals surface area contributed by atoms with Crippen LogP contribution in [0.4, 0.5) is 4.79 Å². The van der Waals surface area contributed by atoms with E-state index in [1.54, 1.807) is 0 Å². The van der Waals surface area contributed by atoms with Crippen molar-refractivity contribution in [3.63, 3.8) is 0 Å². The molecule has 0 spiro atoms. The standard InChI is InChI=1S/C18H34N2O3/c1-14-7-8-16(22-14)12-19-10-9-15-6-5-11-20(13-15)17(21)23-18(2,3)4/h14-16,19H,5-13H2,1-4H3. The summed E-state index contributed by atoms with van der Waals surface area (Å²) in [4.78, 5) is 14.0. The van der Waals surface area contributed by atoms with Crippen LogP contribution in [-0.2, 0) is 9.47 Å². The normalized spacial score (nSPS) is 28.9. The number of carbonyl (C=O) groups is 1. The van der Waals surface area contributed by atoms with E-state index in [9.17, 15) is 4.79 Å². The quantitative estimate of drug-likeness (QED) is 0.788. The Balaban J connectivity index is 1.63. The first-order chi connectivity index (χ1) is 10.8. The van der Waals surface area contributed by atoms with E-state index < -0.39 is 5.60 Å². The molecule has 2 heterocycles. The number of nitrogens with one attached hydrogen (secondary N) is 1. The Kier molecular flexibility index (Phi) is 6.72. The van der Waals surface area contributed by atoms with Gasteiger partial charge in [-0.05, 0) is 72.3 Å². The first kappa shape index (κ1) is 18.5. The Morgan fingerprint density at radius 1 is 1.30 bits per heavy atom. The summed E-state index contributed by atoms with van der Waals surface area (Å²) in [5.74, 6) is 0.576. The summed E-state index contributed by atoms with van der Waals surface area (Å²) in [6, 6.07) is 0. The molecule has 134 valence electrons. The summed E-state index contributed by atoms with van der Waals surface area (Å²) in [6.45, 7) is 11.5. The molecular weight excluding hydrogens is 292 g/mol. The van der Waals surface area contributed by atoms with Crippen LogP contribution in [-0.4, -0.2) is 55.0 Å². The highest BCUT2D eigenvalue weighted by Crippen LogP contribution is 2.22. The van der Waals surface area contributed by atoms with Gasteiger partial charge in [0.15, 0.2) is 0 Å². The molecule has 1 amide bonds. The second kappa shape index (κ2) is 8.34. The van der Waals surface area contributed by atoms with E-state index in [0.29, 0.717) is 18.1 Å². The molecule has 3 unspecified atom stereocenters. The van der Waals surface area contributed by atoms with Crippen LogP contribution in [0.2, 0.25) is 0 Å². The minimum atomic E-state index is -0.413. The van der Waals surface area contributed by atoms with Gasteiger partial charge in [-0.25, -0.2) is 4.79 Å². The van der Waals surface area contributed by atoms with Gasteiger partial charge < -0.3 is 19.7 Å². The van der Waals surface area contributed by atoms with E-state index >= 15 is 0 Å². The van der Waals surface area contributed by atoms with Crippen molar-refractivity contribution in [3.05, 3.63) is 0 Å². The van der Waals surface area contributed by atoms with Crippen LogP contribution >= 0.6 is 0 Å². The van der Waals surface area contributed by atoms with Crippen molar-refractivity contribution in [1.82, 2.24) is 10.2 Å². The van der Waals surface area contributed by atoms with E-state index in [-0.39, 0.29) is 6.09 Å². The topological polar surface area (TPSA) is 50.8 Å². The van der Waals surface area contributed by atoms with E-state index in [2.05, 4.69) is 12.2 Å². The molecule has 5 nitrogen and oxygen atoms in total. The van der Waals surface area contributed by atoms with Crippen molar-refractivity contribution >= 4 is 6.09 Å². The molecule has 1 N–H and O–H groups in total. The average molecular weight is 326 g/mol. The predicted octanol–water partition coefficient (Wildman–Crippen LogP) is 3.18. The number of carbonyl (C=O) groups excluding carboxylic acids is 1. The Labute approximate surface area is 141 Å². The van der Waals surface area contributed by atoms with Crippen LogP contribution in [0.25, 0.3) is 0 Å². The van der Waals surface area contributed by atoms with Crippen molar-refractivity contribution in [2.45, 2.75) is 77.6 Å². The molecule has 2 rings (SSSR count). The number of hydrogen-bond acceptors (Lipinski definition) is 4. The lowest BCUT2D eigenvalue weighted by Crippen LogP contribution is -2.43. The monoisotopic (exact) mass is 326 g/mol. The van der Waals surface area contributed by atoms with Gasteiger partial charge >= 0.3 is 6.09 Å². The molecule has 0 aliphatic carbocycles. The minimum Gasteiger partial charge on any atom is -0.444 e. The van der Waals surface area contributed by atoms with E-state index in [1.165, 1.54) is 19.3 Å². The second-order valence-corrected chi connectivity index (χ2v) is 8.07. The third-order valence-corrected chi connectivity index (χ3v) is 4.59. The molecule has 5 heteroatoms. The maximum absolute atomic E-state index is 12.2. The van der Waals surface area contributed by atoms with Crippen LogP contribution in [0.1, 0.15) is 59.8 Å². The van der Waals surface area contributed by atoms with Crippen LogP contribution in [0, 0.1) is 5.92 Å². The third-order valence-electron chi connectivity index (χ3n) is 4.59. The molecule has 2 saturated heterocycles. The summed E-state index contributed by atoms with van der Waals surface area (Å²) >= 11 is 0. The zero-order valence-corrected chi connectivity index (χ0v) is 15.3. The second-order valence-electron chi connectivity index (χ2n) is 8.07. The van der Waals surface area contributed by atoms with Crippen molar-refractivity contribution < 1.29 is 14.3 Å². The van der Waals surface area contributed by atoms with Gasteiger partial charge in [0.2, 0.25) is 0 Å². The molecule has 2 fully saturated rings. The SMILES string of the molecule is CC1CCC(CNCCC2CCCN(C(=O)OC(C)(C)C)C2)O1. The minimum absolute atomic E-state index is 0.163. The van der Waals surface area contributed by atoms with Gasteiger partial charge in [-0.15, -0.1) is 0 Å². The number of rotatable bonds is 5. The molecule has 0 aromatic heterocycles. The molecule has 3 atom stereocenters. The summed E-state index contributed by atoms with van der Waals surface area (Å²) in [5, 5.41) is 3.52. The lowest BCUT2D eigenvalue weighted by molar-refractivity contribution is 0.0161. The first-order valence-electron chi connectivity index (χ1n) is 9.17. The largest absolute Gasteiger partial charge is 0.444 e. The summed E-state index contributed by atoms with van der Waals surface area (Å²) in [6.07, 6.45) is 6.39. The molecule has 2 aliphatic heterocycles. The van der Waals surface area contributed by atoms with Crippen molar-refractivity contribution in [1.29, 1.82) is 0 Å². The van der Waals surface area contributed by atoms with Gasteiger partial charge in [0, 0.05) is 19.6 Å². The number of piperidine rings is 1. The molecule has 0 aromatic carbocycles. The maximum atomic E-state index is 12.2. The number of likely N-dealkylation sites (tertiary alicyclic amines) is 1. The zero-order chi connectivity index (χ0) is 16.9. The molecule has 0 bridgehead atoms. The number of nitrogens with zero attached hydrogens (tertiary/aromatic N) is 1. The molecule has 0 radical (unpaired) electrons. The summed E-state index contributed by atoms with van der Waals surface area (Å²) < 4.78 is 11.3. The van der Waals surface area contributed by atoms with Crippen LogP contribution < -0.4 is 5.32 Å². The van der Waals surface area contributed by atoms with E-state index in [4.69, 9.17) is 9.47 Å². The number of hydrogen-bond donors (Lipinski definition) is 1.